The Morgan fingerprint density at radius 2 is 1.75 bits per heavy atom. The number of rotatable bonds is 0. The molecule has 0 aromatic rings. The zero-order valence-corrected chi connectivity index (χ0v) is 4.37. The van der Waals surface area contributed by atoms with E-state index >= 15 is 0 Å². The van der Waals surface area contributed by atoms with E-state index < -0.39 is 0 Å². The summed E-state index contributed by atoms with van der Waals surface area (Å²) in [6, 6.07) is -0.387. The minimum absolute atomic E-state index is 0.387. The normalized spacial score (nSPS) is 18.8. The third kappa shape index (κ3) is 1.26. The van der Waals surface area contributed by atoms with E-state index in [0.717, 1.165) is 12.8 Å². The van der Waals surface area contributed by atoms with Crippen LogP contribution < -0.4 is 0 Å². The third-order valence-electron chi connectivity index (χ3n) is 0.828. The Labute approximate surface area is 47.1 Å². The molecular weight excluding hydrogens is 104 g/mol. The number of hydrogen-bond acceptors (Lipinski definition) is 1. The van der Waals surface area contributed by atoms with Crippen molar-refractivity contribution in [2.75, 3.05) is 0 Å². The molecule has 1 aliphatic heterocycles. The van der Waals surface area contributed by atoms with Crippen LogP contribution in [0.15, 0.2) is 9.98 Å². The second-order valence-corrected chi connectivity index (χ2v) is 1.48. The van der Waals surface area contributed by atoms with E-state index in [1.807, 2.05) is 0 Å². The summed E-state index contributed by atoms with van der Waals surface area (Å²) in [4.78, 5) is 17.2. The summed E-state index contributed by atoms with van der Waals surface area (Å²) in [5.41, 5.74) is 0. The highest BCUT2D eigenvalue weighted by atomic mass is 16.2. The topological polar surface area (TPSA) is 41.8 Å². The van der Waals surface area contributed by atoms with Crippen molar-refractivity contribution in [2.24, 2.45) is 9.98 Å². The van der Waals surface area contributed by atoms with Gasteiger partial charge in [0.2, 0.25) is 0 Å². The molecule has 8 heavy (non-hydrogen) atoms. The van der Waals surface area contributed by atoms with Crippen molar-refractivity contribution in [2.45, 2.75) is 12.8 Å². The van der Waals surface area contributed by atoms with Gasteiger partial charge in [0.15, 0.2) is 0 Å². The van der Waals surface area contributed by atoms with E-state index in [9.17, 15) is 4.79 Å². The van der Waals surface area contributed by atoms with Crippen molar-refractivity contribution < 1.29 is 4.79 Å². The molecule has 0 bridgehead atoms. The van der Waals surface area contributed by atoms with Crippen LogP contribution in [0.4, 0.5) is 4.79 Å². The number of carbonyl (C=O) groups is 1. The summed E-state index contributed by atoms with van der Waals surface area (Å²) in [6.07, 6.45) is 4.84. The van der Waals surface area contributed by atoms with Gasteiger partial charge in [-0.3, -0.25) is 0 Å². The fourth-order valence-corrected chi connectivity index (χ4v) is 0.468. The molecule has 0 aromatic heterocycles. The van der Waals surface area contributed by atoms with Crippen LogP contribution in [0.2, 0.25) is 0 Å². The Morgan fingerprint density at radius 3 is 2.25 bits per heavy atom. The lowest BCUT2D eigenvalue weighted by atomic mass is 10.4. The van der Waals surface area contributed by atoms with Gasteiger partial charge >= 0.3 is 6.03 Å². The van der Waals surface area contributed by atoms with Crippen molar-refractivity contribution in [1.82, 2.24) is 0 Å². The Morgan fingerprint density at radius 1 is 1.25 bits per heavy atom. The fraction of sp³-hybridized carbons (Fsp3) is 0.400. The highest BCUT2D eigenvalue weighted by Gasteiger charge is 1.92. The predicted octanol–water partition coefficient (Wildman–Crippen LogP) is 1.04. The van der Waals surface area contributed by atoms with E-state index in [1.54, 1.807) is 12.4 Å². The number of hydrogen-bond donors (Lipinski definition) is 0. The van der Waals surface area contributed by atoms with Gasteiger partial charge in [-0.05, 0) is 12.8 Å². The molecule has 42 valence electrons. The summed E-state index contributed by atoms with van der Waals surface area (Å²) in [7, 11) is 0. The molecular formula is C5H6N2O. The first-order chi connectivity index (χ1) is 3.89. The Hall–Kier alpha value is -0.990. The average Bonchev–Trinajstić information content (AvgIpc) is 1.94. The van der Waals surface area contributed by atoms with Crippen LogP contribution in [-0.4, -0.2) is 18.5 Å². The van der Waals surface area contributed by atoms with Crippen molar-refractivity contribution in [1.29, 1.82) is 0 Å². The minimum Gasteiger partial charge on any atom is -0.244 e. The smallest absolute Gasteiger partial charge is 0.244 e. The van der Waals surface area contributed by atoms with Gasteiger partial charge in [0.05, 0.1) is 0 Å². The van der Waals surface area contributed by atoms with Crippen molar-refractivity contribution in [3.05, 3.63) is 0 Å². The number of urea groups is 1. The summed E-state index contributed by atoms with van der Waals surface area (Å²) in [5.74, 6) is 0. The molecule has 3 nitrogen and oxygen atoms in total. The standard InChI is InChI=1S/C5H6N2O/c8-5-6-3-1-2-4-7-5/h3-4H,1-2H2. The summed E-state index contributed by atoms with van der Waals surface area (Å²) in [5, 5.41) is 0. The largest absolute Gasteiger partial charge is 0.366 e. The van der Waals surface area contributed by atoms with Gasteiger partial charge in [-0.15, -0.1) is 0 Å². The maximum Gasteiger partial charge on any atom is 0.366 e. The summed E-state index contributed by atoms with van der Waals surface area (Å²) >= 11 is 0. The van der Waals surface area contributed by atoms with E-state index in [1.165, 1.54) is 0 Å². The second-order valence-electron chi connectivity index (χ2n) is 1.48. The van der Waals surface area contributed by atoms with Crippen LogP contribution in [-0.2, 0) is 0 Å². The molecule has 0 radical (unpaired) electrons. The Kier molecular flexibility index (Phi) is 1.51. The first-order valence-corrected chi connectivity index (χ1v) is 2.48. The highest BCUT2D eigenvalue weighted by Crippen LogP contribution is 1.89. The molecule has 3 heteroatoms. The predicted molar refractivity (Wildman–Crippen MR) is 31.6 cm³/mol. The fourth-order valence-electron chi connectivity index (χ4n) is 0.468. The van der Waals surface area contributed by atoms with Gasteiger partial charge in [0.25, 0.3) is 0 Å². The molecule has 0 spiro atoms. The third-order valence-corrected chi connectivity index (χ3v) is 0.828. The molecule has 0 saturated carbocycles. The van der Waals surface area contributed by atoms with Crippen LogP contribution in [0.5, 0.6) is 0 Å². The van der Waals surface area contributed by atoms with Crippen LogP contribution in [0, 0.1) is 0 Å². The zero-order valence-electron chi connectivity index (χ0n) is 4.37. The van der Waals surface area contributed by atoms with Crippen LogP contribution in [0.1, 0.15) is 12.8 Å². The Balaban J connectivity index is 2.64. The van der Waals surface area contributed by atoms with Gasteiger partial charge in [0, 0.05) is 12.4 Å². The van der Waals surface area contributed by atoms with Crippen molar-refractivity contribution in [3.63, 3.8) is 0 Å². The lowest BCUT2D eigenvalue weighted by Crippen LogP contribution is -1.79. The molecule has 0 fully saturated rings. The van der Waals surface area contributed by atoms with Crippen molar-refractivity contribution in [3.8, 4) is 0 Å². The maximum atomic E-state index is 10.3. The molecule has 0 aromatic carbocycles. The van der Waals surface area contributed by atoms with Crippen molar-refractivity contribution >= 4 is 18.5 Å². The molecule has 1 aliphatic rings. The van der Waals surface area contributed by atoms with Crippen LogP contribution in [0.3, 0.4) is 0 Å². The molecule has 0 unspecified atom stereocenters. The zero-order chi connectivity index (χ0) is 5.82. The highest BCUT2D eigenvalue weighted by molar-refractivity contribution is 5.91. The Bertz CT molecular complexity index is 133. The maximum absolute atomic E-state index is 10.3. The molecule has 0 aliphatic carbocycles. The summed E-state index contributed by atoms with van der Waals surface area (Å²) in [6.45, 7) is 0. The van der Waals surface area contributed by atoms with Gasteiger partial charge < -0.3 is 0 Å². The number of nitrogens with zero attached hydrogens (tertiary/aromatic N) is 2. The molecule has 0 atom stereocenters. The molecule has 2 amide bonds. The van der Waals surface area contributed by atoms with E-state index in [4.69, 9.17) is 0 Å². The number of aliphatic imine (C=N–C) groups is 2. The quantitative estimate of drug-likeness (QED) is 0.459. The second kappa shape index (κ2) is 2.35. The van der Waals surface area contributed by atoms with Gasteiger partial charge in [-0.1, -0.05) is 0 Å². The SMILES string of the molecule is O=C1N=CCCC=N1. The molecule has 1 heterocycles. The summed E-state index contributed by atoms with van der Waals surface area (Å²) < 4.78 is 0. The molecule has 0 N–H and O–H groups in total. The number of carbonyl (C=O) groups excluding carboxylic acids is 1. The van der Waals surface area contributed by atoms with Gasteiger partial charge in [-0.25, -0.2) is 14.8 Å². The van der Waals surface area contributed by atoms with E-state index in [2.05, 4.69) is 9.98 Å². The first kappa shape index (κ1) is 5.15. The van der Waals surface area contributed by atoms with Crippen LogP contribution >= 0.6 is 0 Å². The lowest BCUT2D eigenvalue weighted by Gasteiger charge is -1.72. The van der Waals surface area contributed by atoms with E-state index in [0.29, 0.717) is 0 Å². The van der Waals surface area contributed by atoms with E-state index in [-0.39, 0.29) is 6.03 Å². The lowest BCUT2D eigenvalue weighted by molar-refractivity contribution is 0.257. The average molecular weight is 110 g/mol. The molecule has 1 rings (SSSR count). The monoisotopic (exact) mass is 110 g/mol. The molecule has 0 saturated heterocycles. The minimum atomic E-state index is -0.387. The van der Waals surface area contributed by atoms with Crippen LogP contribution in [0.25, 0.3) is 0 Å². The first-order valence-electron chi connectivity index (χ1n) is 2.48. The van der Waals surface area contributed by atoms with Gasteiger partial charge in [-0.2, -0.15) is 0 Å². The number of amides is 2. The van der Waals surface area contributed by atoms with Gasteiger partial charge in [0.1, 0.15) is 0 Å².